The Hall–Kier alpha value is -2.54. The Kier molecular flexibility index (Phi) is 3.39. The van der Waals surface area contributed by atoms with Crippen LogP contribution in [0.25, 0.3) is 0 Å². The topological polar surface area (TPSA) is 107 Å². The molecule has 1 aromatic heterocycles. The monoisotopic (exact) mass is 279 g/mol. The third kappa shape index (κ3) is 2.66. The molecule has 19 heavy (non-hydrogen) atoms. The van der Waals surface area contributed by atoms with E-state index in [2.05, 4.69) is 5.32 Å². The van der Waals surface area contributed by atoms with Gasteiger partial charge in [0.15, 0.2) is 0 Å². The largest absolute Gasteiger partial charge is 0.508 e. The molecule has 0 aliphatic heterocycles. The molecule has 0 atom stereocenters. The van der Waals surface area contributed by atoms with E-state index in [1.54, 1.807) is 0 Å². The molecule has 7 heteroatoms. The molecule has 6 nitrogen and oxygen atoms in total. The van der Waals surface area contributed by atoms with Gasteiger partial charge in [0.1, 0.15) is 16.4 Å². The summed E-state index contributed by atoms with van der Waals surface area (Å²) in [5.74, 6) is -2.33. The molecular weight excluding hydrogens is 270 g/mol. The van der Waals surface area contributed by atoms with Crippen molar-refractivity contribution < 1.29 is 24.9 Å². The van der Waals surface area contributed by atoms with Crippen molar-refractivity contribution >= 4 is 28.9 Å². The number of phenolic OH excluding ortho intramolecular Hbond substituents is 2. The van der Waals surface area contributed by atoms with Crippen LogP contribution < -0.4 is 5.32 Å². The molecule has 0 aliphatic carbocycles. The highest BCUT2D eigenvalue weighted by Crippen LogP contribution is 2.26. The second kappa shape index (κ2) is 4.99. The maximum Gasteiger partial charge on any atom is 0.348 e. The number of thiophene rings is 1. The van der Waals surface area contributed by atoms with Gasteiger partial charge in [0.05, 0.1) is 11.3 Å². The summed E-state index contributed by atoms with van der Waals surface area (Å²) in [6.07, 6.45) is 0. The van der Waals surface area contributed by atoms with Gasteiger partial charge in [-0.15, -0.1) is 11.3 Å². The van der Waals surface area contributed by atoms with Crippen LogP contribution in [0.1, 0.15) is 20.0 Å². The first-order valence-corrected chi connectivity index (χ1v) is 6.01. The molecule has 0 saturated carbocycles. The molecule has 0 radical (unpaired) electrons. The molecule has 2 aromatic rings. The zero-order valence-corrected chi connectivity index (χ0v) is 10.3. The molecule has 0 unspecified atom stereocenters. The van der Waals surface area contributed by atoms with E-state index in [9.17, 15) is 19.8 Å². The van der Waals surface area contributed by atoms with Gasteiger partial charge in [-0.1, -0.05) is 0 Å². The van der Waals surface area contributed by atoms with E-state index >= 15 is 0 Å². The molecule has 0 spiro atoms. The maximum atomic E-state index is 11.9. The number of aromatic carboxylic acids is 1. The van der Waals surface area contributed by atoms with Crippen LogP contribution in [0.4, 0.5) is 5.69 Å². The lowest BCUT2D eigenvalue weighted by molar-refractivity contribution is 0.0703. The van der Waals surface area contributed by atoms with Gasteiger partial charge < -0.3 is 20.6 Å². The predicted octanol–water partition coefficient (Wildman–Crippen LogP) is 2.11. The van der Waals surface area contributed by atoms with Crippen LogP contribution >= 0.6 is 11.3 Å². The quantitative estimate of drug-likeness (QED) is 0.644. The summed E-state index contributed by atoms with van der Waals surface area (Å²) >= 11 is 0.976. The van der Waals surface area contributed by atoms with E-state index in [1.807, 2.05) is 0 Å². The maximum absolute atomic E-state index is 11.9. The highest BCUT2D eigenvalue weighted by Gasteiger charge is 2.17. The lowest BCUT2D eigenvalue weighted by Gasteiger charge is -2.06. The van der Waals surface area contributed by atoms with Crippen molar-refractivity contribution in [1.82, 2.24) is 0 Å². The fourth-order valence-corrected chi connectivity index (χ4v) is 2.16. The molecule has 2 rings (SSSR count). The van der Waals surface area contributed by atoms with Crippen LogP contribution in [0.2, 0.25) is 0 Å². The lowest BCUT2D eigenvalue weighted by atomic mass is 10.1. The molecule has 1 heterocycles. The predicted molar refractivity (Wildman–Crippen MR) is 69.0 cm³/mol. The van der Waals surface area contributed by atoms with E-state index in [1.165, 1.54) is 23.6 Å². The summed E-state index contributed by atoms with van der Waals surface area (Å²) in [5, 5.41) is 31.6. The fraction of sp³-hybridized carbons (Fsp3) is 0. The third-order valence-electron chi connectivity index (χ3n) is 2.33. The summed E-state index contributed by atoms with van der Waals surface area (Å²) in [7, 11) is 0. The molecular formula is C12H9NO5S. The van der Waals surface area contributed by atoms with E-state index in [0.717, 1.165) is 17.4 Å². The number of benzene rings is 1. The normalized spacial score (nSPS) is 10.1. The van der Waals surface area contributed by atoms with E-state index in [0.29, 0.717) is 0 Å². The fourth-order valence-electron chi connectivity index (χ4n) is 1.47. The smallest absolute Gasteiger partial charge is 0.348 e. The summed E-state index contributed by atoms with van der Waals surface area (Å²) < 4.78 is 0. The third-order valence-corrected chi connectivity index (χ3v) is 3.23. The molecule has 0 bridgehead atoms. The first kappa shape index (κ1) is 12.9. The van der Waals surface area contributed by atoms with Gasteiger partial charge in [-0.05, 0) is 29.6 Å². The van der Waals surface area contributed by atoms with Gasteiger partial charge in [0.25, 0.3) is 5.91 Å². The summed E-state index contributed by atoms with van der Waals surface area (Å²) in [6.45, 7) is 0. The Morgan fingerprint density at radius 1 is 1.16 bits per heavy atom. The van der Waals surface area contributed by atoms with Crippen molar-refractivity contribution in [2.45, 2.75) is 0 Å². The van der Waals surface area contributed by atoms with E-state index in [4.69, 9.17) is 5.11 Å². The zero-order chi connectivity index (χ0) is 14.0. The molecule has 1 aromatic carbocycles. The van der Waals surface area contributed by atoms with Gasteiger partial charge in [0.2, 0.25) is 0 Å². The first-order valence-electron chi connectivity index (χ1n) is 5.13. The SMILES string of the molecule is O=C(Nc1ccsc1C(=O)O)c1cc(O)ccc1O. The van der Waals surface area contributed by atoms with Crippen molar-refractivity contribution in [3.05, 3.63) is 40.1 Å². The average molecular weight is 279 g/mol. The number of hydrogen-bond donors (Lipinski definition) is 4. The number of rotatable bonds is 3. The number of hydrogen-bond acceptors (Lipinski definition) is 5. The standard InChI is InChI=1S/C12H9NO5S/c14-6-1-2-9(15)7(5-6)11(16)13-8-3-4-19-10(8)12(17)18/h1-5,14-15H,(H,13,16)(H,17,18). The van der Waals surface area contributed by atoms with Crippen LogP contribution in [0.3, 0.4) is 0 Å². The van der Waals surface area contributed by atoms with E-state index in [-0.39, 0.29) is 27.6 Å². The Morgan fingerprint density at radius 3 is 2.58 bits per heavy atom. The minimum atomic E-state index is -1.15. The minimum absolute atomic E-state index is 0.00649. The highest BCUT2D eigenvalue weighted by molar-refractivity contribution is 7.12. The average Bonchev–Trinajstić information content (AvgIpc) is 2.80. The second-order valence-corrected chi connectivity index (χ2v) is 4.54. The first-order chi connectivity index (χ1) is 8.99. The van der Waals surface area contributed by atoms with Gasteiger partial charge in [-0.25, -0.2) is 4.79 Å². The number of phenols is 2. The summed E-state index contributed by atoms with van der Waals surface area (Å²) in [4.78, 5) is 22.8. The Balaban J connectivity index is 2.28. The second-order valence-electron chi connectivity index (χ2n) is 3.62. The van der Waals surface area contributed by atoms with Crippen LogP contribution in [-0.4, -0.2) is 27.2 Å². The zero-order valence-electron chi connectivity index (χ0n) is 9.45. The number of nitrogens with one attached hydrogen (secondary N) is 1. The highest BCUT2D eigenvalue weighted by atomic mass is 32.1. The number of amides is 1. The summed E-state index contributed by atoms with van der Waals surface area (Å²) in [5.41, 5.74) is 0.00721. The number of carbonyl (C=O) groups excluding carboxylic acids is 1. The lowest BCUT2D eigenvalue weighted by Crippen LogP contribution is -2.13. The van der Waals surface area contributed by atoms with Crippen molar-refractivity contribution in [1.29, 1.82) is 0 Å². The van der Waals surface area contributed by atoms with Crippen LogP contribution in [0, 0.1) is 0 Å². The molecule has 0 saturated heterocycles. The summed E-state index contributed by atoms with van der Waals surface area (Å²) in [6, 6.07) is 4.96. The van der Waals surface area contributed by atoms with Crippen LogP contribution in [0.5, 0.6) is 11.5 Å². The Bertz CT molecular complexity index is 649. The molecule has 98 valence electrons. The minimum Gasteiger partial charge on any atom is -0.508 e. The number of anilines is 1. The van der Waals surface area contributed by atoms with Crippen molar-refractivity contribution in [2.24, 2.45) is 0 Å². The van der Waals surface area contributed by atoms with Gasteiger partial charge in [0, 0.05) is 0 Å². The molecule has 0 aliphatic rings. The number of carbonyl (C=O) groups is 2. The van der Waals surface area contributed by atoms with E-state index < -0.39 is 11.9 Å². The van der Waals surface area contributed by atoms with Crippen LogP contribution in [0.15, 0.2) is 29.6 Å². The number of carboxylic acid groups (broad SMARTS) is 1. The van der Waals surface area contributed by atoms with Crippen LogP contribution in [-0.2, 0) is 0 Å². The molecule has 0 fully saturated rings. The molecule has 1 amide bonds. The number of aromatic hydroxyl groups is 2. The molecule has 4 N–H and O–H groups in total. The van der Waals surface area contributed by atoms with Gasteiger partial charge in [-0.2, -0.15) is 0 Å². The Morgan fingerprint density at radius 2 is 1.89 bits per heavy atom. The van der Waals surface area contributed by atoms with Crippen molar-refractivity contribution in [3.8, 4) is 11.5 Å². The van der Waals surface area contributed by atoms with Gasteiger partial charge in [-0.3, -0.25) is 4.79 Å². The number of carboxylic acids is 1. The van der Waals surface area contributed by atoms with Crippen molar-refractivity contribution in [2.75, 3.05) is 5.32 Å². The van der Waals surface area contributed by atoms with Gasteiger partial charge >= 0.3 is 5.97 Å². The Labute approximate surface area is 111 Å². The van der Waals surface area contributed by atoms with Crippen molar-refractivity contribution in [3.63, 3.8) is 0 Å².